The predicted molar refractivity (Wildman–Crippen MR) is 105 cm³/mol. The van der Waals surface area contributed by atoms with Gasteiger partial charge in [-0.2, -0.15) is 0 Å². The zero-order valence-corrected chi connectivity index (χ0v) is 17.2. The minimum absolute atomic E-state index is 0.183. The van der Waals surface area contributed by atoms with Gasteiger partial charge < -0.3 is 24.7 Å². The van der Waals surface area contributed by atoms with Crippen LogP contribution in [0.15, 0.2) is 12.4 Å². The number of aryl methyl sites for hydroxylation is 1. The molecule has 0 radical (unpaired) electrons. The van der Waals surface area contributed by atoms with E-state index < -0.39 is 5.97 Å². The minimum Gasteiger partial charge on any atom is -0.464 e. The van der Waals surface area contributed by atoms with Crippen LogP contribution in [0.3, 0.4) is 0 Å². The highest BCUT2D eigenvalue weighted by Crippen LogP contribution is 2.21. The van der Waals surface area contributed by atoms with Gasteiger partial charge in [-0.15, -0.1) is 0 Å². The molecule has 2 aromatic rings. The molecule has 0 aliphatic carbocycles. The molecule has 29 heavy (non-hydrogen) atoms. The number of nitrogens with one attached hydrogen (secondary N) is 2. The van der Waals surface area contributed by atoms with Crippen molar-refractivity contribution >= 4 is 29.3 Å². The summed E-state index contributed by atoms with van der Waals surface area (Å²) in [7, 11) is 2.89. The zero-order valence-electron chi connectivity index (χ0n) is 16.4. The van der Waals surface area contributed by atoms with Crippen molar-refractivity contribution in [2.75, 3.05) is 32.2 Å². The second kappa shape index (κ2) is 9.19. The summed E-state index contributed by atoms with van der Waals surface area (Å²) in [5.41, 5.74) is 0.906. The van der Waals surface area contributed by atoms with Crippen molar-refractivity contribution in [2.24, 2.45) is 0 Å². The number of imidazole rings is 1. The summed E-state index contributed by atoms with van der Waals surface area (Å²) in [4.78, 5) is 41.4. The van der Waals surface area contributed by atoms with Gasteiger partial charge in [-0.3, -0.25) is 4.79 Å². The average molecular weight is 423 g/mol. The Morgan fingerprint density at radius 3 is 2.83 bits per heavy atom. The lowest BCUT2D eigenvalue weighted by molar-refractivity contribution is 0.0536. The molecule has 0 aromatic carbocycles. The van der Waals surface area contributed by atoms with Crippen LogP contribution in [0.25, 0.3) is 0 Å². The maximum atomic E-state index is 12.6. The minimum atomic E-state index is -0.525. The Morgan fingerprint density at radius 2 is 2.17 bits per heavy atom. The van der Waals surface area contributed by atoms with E-state index in [9.17, 15) is 9.59 Å². The topological polar surface area (TPSA) is 122 Å². The molecule has 3 rings (SSSR count). The molecule has 1 amide bonds. The summed E-state index contributed by atoms with van der Waals surface area (Å²) >= 11 is 6.02. The van der Waals surface area contributed by atoms with Gasteiger partial charge in [-0.05, 0) is 12.8 Å². The quantitative estimate of drug-likeness (QED) is 0.666. The van der Waals surface area contributed by atoms with Gasteiger partial charge in [0.05, 0.1) is 24.9 Å². The molecule has 0 bridgehead atoms. The molecular weight excluding hydrogens is 400 g/mol. The largest absolute Gasteiger partial charge is 0.464 e. The highest BCUT2D eigenvalue weighted by Gasteiger charge is 2.32. The van der Waals surface area contributed by atoms with Crippen molar-refractivity contribution in [2.45, 2.75) is 31.9 Å². The van der Waals surface area contributed by atoms with E-state index in [-0.39, 0.29) is 29.6 Å². The summed E-state index contributed by atoms with van der Waals surface area (Å²) in [6.45, 7) is 3.02. The second-order valence-corrected chi connectivity index (χ2v) is 6.91. The number of methoxy groups -OCH3 is 2. The molecule has 1 saturated heterocycles. The molecule has 11 heteroatoms. The molecule has 2 aromatic heterocycles. The van der Waals surface area contributed by atoms with Crippen LogP contribution in [0.2, 0.25) is 5.15 Å². The number of amides is 1. The molecule has 2 unspecified atom stereocenters. The number of H-pyrrole nitrogens is 1. The van der Waals surface area contributed by atoms with E-state index in [0.29, 0.717) is 36.9 Å². The van der Waals surface area contributed by atoms with Crippen LogP contribution in [0.1, 0.15) is 40.1 Å². The van der Waals surface area contributed by atoms with E-state index in [1.54, 1.807) is 13.2 Å². The highest BCUT2D eigenvalue weighted by molar-refractivity contribution is 6.30. The second-order valence-electron chi connectivity index (χ2n) is 6.55. The number of carbonyl (C=O) groups is 2. The summed E-state index contributed by atoms with van der Waals surface area (Å²) < 4.78 is 10.3. The van der Waals surface area contributed by atoms with Gasteiger partial charge >= 0.3 is 5.97 Å². The number of anilines is 1. The highest BCUT2D eigenvalue weighted by atomic mass is 35.5. The number of hydrogen-bond acceptors (Lipinski definition) is 8. The van der Waals surface area contributed by atoms with E-state index in [4.69, 9.17) is 21.1 Å². The Hall–Kier alpha value is -2.72. The molecule has 10 nitrogen and oxygen atoms in total. The van der Waals surface area contributed by atoms with Crippen molar-refractivity contribution in [1.82, 2.24) is 25.3 Å². The molecular formula is C18H23ClN6O4. The first-order valence-electron chi connectivity index (χ1n) is 9.20. The van der Waals surface area contributed by atoms with Gasteiger partial charge in [0.25, 0.3) is 5.91 Å². The van der Waals surface area contributed by atoms with Crippen LogP contribution in [0.5, 0.6) is 0 Å². The fourth-order valence-electron chi connectivity index (χ4n) is 3.23. The van der Waals surface area contributed by atoms with Crippen LogP contribution in [0, 0.1) is 0 Å². The molecule has 0 spiro atoms. The number of carbonyl (C=O) groups excluding carboxylic acids is 2. The standard InChI is InChI=1S/C18H23ClN6O4/c1-4-10-15(19)24-16(22-10)17(26)23-11-5-6-25(8-13(11)28-2)14-7-12(18(27)29-3)20-9-21-14/h7,9,11,13H,4-6,8H2,1-3H3,(H,22,24)(H,23,26). The number of aromatic nitrogens is 4. The molecule has 1 aliphatic heterocycles. The van der Waals surface area contributed by atoms with Gasteiger partial charge in [0, 0.05) is 26.3 Å². The van der Waals surface area contributed by atoms with E-state index >= 15 is 0 Å². The molecule has 1 fully saturated rings. The van der Waals surface area contributed by atoms with E-state index in [1.165, 1.54) is 13.4 Å². The zero-order chi connectivity index (χ0) is 21.0. The number of rotatable bonds is 6. The summed E-state index contributed by atoms with van der Waals surface area (Å²) in [5, 5.41) is 3.27. The lowest BCUT2D eigenvalue weighted by Crippen LogP contribution is -2.55. The Morgan fingerprint density at radius 1 is 1.38 bits per heavy atom. The van der Waals surface area contributed by atoms with Crippen molar-refractivity contribution in [3.05, 3.63) is 34.8 Å². The van der Waals surface area contributed by atoms with Gasteiger partial charge in [-0.1, -0.05) is 18.5 Å². The van der Waals surface area contributed by atoms with Crippen molar-refractivity contribution in [1.29, 1.82) is 0 Å². The average Bonchev–Trinajstić information content (AvgIpc) is 3.14. The van der Waals surface area contributed by atoms with Gasteiger partial charge in [0.1, 0.15) is 12.1 Å². The number of esters is 1. The van der Waals surface area contributed by atoms with Crippen LogP contribution in [-0.4, -0.2) is 71.3 Å². The first-order valence-corrected chi connectivity index (χ1v) is 9.57. The first-order chi connectivity index (χ1) is 14.0. The van der Waals surface area contributed by atoms with Gasteiger partial charge in [0.15, 0.2) is 16.7 Å². The fraction of sp³-hybridized carbons (Fsp3) is 0.500. The van der Waals surface area contributed by atoms with Crippen molar-refractivity contribution in [3.63, 3.8) is 0 Å². The Balaban J connectivity index is 1.68. The third-order valence-electron chi connectivity index (χ3n) is 4.85. The molecule has 3 heterocycles. The van der Waals surface area contributed by atoms with Crippen molar-refractivity contribution in [3.8, 4) is 0 Å². The van der Waals surface area contributed by atoms with Crippen LogP contribution in [0.4, 0.5) is 5.82 Å². The predicted octanol–water partition coefficient (Wildman–Crippen LogP) is 1.23. The van der Waals surface area contributed by atoms with Crippen LogP contribution in [-0.2, 0) is 15.9 Å². The normalized spacial score (nSPS) is 19.1. The van der Waals surface area contributed by atoms with E-state index in [1.807, 2.05) is 11.8 Å². The number of hydrogen-bond donors (Lipinski definition) is 2. The molecule has 0 saturated carbocycles. The van der Waals surface area contributed by atoms with Crippen molar-refractivity contribution < 1.29 is 19.1 Å². The summed E-state index contributed by atoms with van der Waals surface area (Å²) in [5.74, 6) is -0.0787. The number of nitrogens with zero attached hydrogens (tertiary/aromatic N) is 4. The lowest BCUT2D eigenvalue weighted by atomic mass is 10.0. The Kier molecular flexibility index (Phi) is 6.65. The fourth-order valence-corrected chi connectivity index (χ4v) is 3.50. The van der Waals surface area contributed by atoms with Gasteiger partial charge in [0.2, 0.25) is 0 Å². The Bertz CT molecular complexity index is 889. The molecule has 1 aliphatic rings. The third-order valence-corrected chi connectivity index (χ3v) is 5.16. The number of halogens is 1. The SMILES string of the molecule is CCc1[nH]c(C(=O)NC2CCN(c3cc(C(=O)OC)ncn3)CC2OC)nc1Cl. The van der Waals surface area contributed by atoms with Gasteiger partial charge in [-0.25, -0.2) is 19.7 Å². The van der Waals surface area contributed by atoms with E-state index in [2.05, 4.69) is 25.3 Å². The maximum absolute atomic E-state index is 12.6. The molecule has 2 atom stereocenters. The number of piperidine rings is 1. The smallest absolute Gasteiger partial charge is 0.356 e. The Labute approximate surface area is 173 Å². The monoisotopic (exact) mass is 422 g/mol. The van der Waals surface area contributed by atoms with Crippen LogP contribution < -0.4 is 10.2 Å². The number of ether oxygens (including phenoxy) is 2. The molecule has 2 N–H and O–H groups in total. The summed E-state index contributed by atoms with van der Waals surface area (Å²) in [6, 6.07) is 1.37. The molecule has 156 valence electrons. The van der Waals surface area contributed by atoms with Crippen LogP contribution >= 0.6 is 11.6 Å². The summed E-state index contributed by atoms with van der Waals surface area (Å²) in [6.07, 6.45) is 2.32. The first kappa shape index (κ1) is 21.0. The van der Waals surface area contributed by atoms with E-state index in [0.717, 1.165) is 5.69 Å². The maximum Gasteiger partial charge on any atom is 0.356 e. The number of aromatic amines is 1. The lowest BCUT2D eigenvalue weighted by Gasteiger charge is -2.38. The third kappa shape index (κ3) is 4.65.